The van der Waals surface area contributed by atoms with E-state index < -0.39 is 40.4 Å². The van der Waals surface area contributed by atoms with Gasteiger partial charge in [-0.25, -0.2) is 8.78 Å². The van der Waals surface area contributed by atoms with Crippen molar-refractivity contribution in [2.75, 3.05) is 0 Å². The summed E-state index contributed by atoms with van der Waals surface area (Å²) < 4.78 is 57.3. The third-order valence-electron chi connectivity index (χ3n) is 2.74. The minimum atomic E-state index is -1.72. The van der Waals surface area contributed by atoms with Gasteiger partial charge in [-0.05, 0) is 26.2 Å². The van der Waals surface area contributed by atoms with Crippen molar-refractivity contribution in [3.8, 4) is 5.75 Å². The van der Waals surface area contributed by atoms with Gasteiger partial charge in [-0.1, -0.05) is 13.8 Å². The smallest absolute Gasteiger partial charge is 0.317 e. The first-order chi connectivity index (χ1) is 9.06. The molecule has 0 saturated heterocycles. The minimum absolute atomic E-state index is 0.0568. The number of carbonyl (C=O) groups is 1. The molecule has 0 saturated carbocycles. The minimum Gasteiger partial charge on any atom is -0.420 e. The zero-order chi connectivity index (χ0) is 15.7. The molecule has 0 aliphatic rings. The third kappa shape index (κ3) is 3.49. The molecule has 0 N–H and O–H groups in total. The van der Waals surface area contributed by atoms with Gasteiger partial charge in [0, 0.05) is 6.07 Å². The molecule has 0 atom stereocenters. The first kappa shape index (κ1) is 16.5. The van der Waals surface area contributed by atoms with E-state index in [1.165, 1.54) is 13.8 Å². The van der Waals surface area contributed by atoms with Crippen molar-refractivity contribution in [3.05, 3.63) is 29.3 Å². The molecule has 20 heavy (non-hydrogen) atoms. The number of esters is 1. The predicted octanol–water partition coefficient (Wildman–Crippen LogP) is 4.22. The molecular weight excluding hydrogens is 276 g/mol. The van der Waals surface area contributed by atoms with Crippen LogP contribution in [0.25, 0.3) is 0 Å². The number of rotatable bonds is 4. The molecule has 0 spiro atoms. The van der Waals surface area contributed by atoms with E-state index in [-0.39, 0.29) is 12.0 Å². The summed E-state index contributed by atoms with van der Waals surface area (Å²) in [7, 11) is 0. The summed E-state index contributed by atoms with van der Waals surface area (Å²) in [5.74, 6) is -8.84. The summed E-state index contributed by atoms with van der Waals surface area (Å²) in [6, 6.07) is 0.0568. The van der Waals surface area contributed by atoms with Crippen LogP contribution in [0.15, 0.2) is 6.07 Å². The molecule has 0 fully saturated rings. The molecule has 0 bridgehead atoms. The molecule has 0 aliphatic heterocycles. The lowest BCUT2D eigenvalue weighted by Crippen LogP contribution is -2.31. The van der Waals surface area contributed by atoms with Gasteiger partial charge in [-0.2, -0.15) is 8.78 Å². The van der Waals surface area contributed by atoms with Crippen LogP contribution in [0.4, 0.5) is 17.6 Å². The maximum Gasteiger partial charge on any atom is 0.317 e. The molecule has 1 aromatic carbocycles. The van der Waals surface area contributed by atoms with Gasteiger partial charge in [-0.15, -0.1) is 0 Å². The second kappa shape index (κ2) is 5.81. The topological polar surface area (TPSA) is 26.3 Å². The summed E-state index contributed by atoms with van der Waals surface area (Å²) in [6.07, 6.45) is 0.396. The van der Waals surface area contributed by atoms with Gasteiger partial charge in [0.1, 0.15) is 0 Å². The fraction of sp³-hybridized carbons (Fsp3) is 0.500. The number of halogens is 4. The maximum absolute atomic E-state index is 13.4. The van der Waals surface area contributed by atoms with E-state index in [9.17, 15) is 22.4 Å². The van der Waals surface area contributed by atoms with Crippen LogP contribution < -0.4 is 4.74 Å². The van der Waals surface area contributed by atoms with Gasteiger partial charge >= 0.3 is 5.97 Å². The van der Waals surface area contributed by atoms with E-state index in [1.54, 1.807) is 0 Å². The van der Waals surface area contributed by atoms with Gasteiger partial charge < -0.3 is 4.74 Å². The normalized spacial score (nSPS) is 11.8. The van der Waals surface area contributed by atoms with Crippen LogP contribution in [-0.2, 0) is 4.79 Å². The van der Waals surface area contributed by atoms with Crippen molar-refractivity contribution in [2.45, 2.75) is 34.1 Å². The fourth-order valence-corrected chi connectivity index (χ4v) is 1.98. The SMILES string of the molecule is CC(C)CC(C)(C)C(=O)Oc1c(F)c(F)cc(F)c1F. The molecule has 1 rings (SSSR count). The molecule has 6 heteroatoms. The van der Waals surface area contributed by atoms with Crippen LogP contribution in [0.5, 0.6) is 5.75 Å². The molecular formula is C14H16F4O2. The Labute approximate surface area is 114 Å². The van der Waals surface area contributed by atoms with E-state index in [2.05, 4.69) is 4.74 Å². The fourth-order valence-electron chi connectivity index (χ4n) is 1.98. The lowest BCUT2D eigenvalue weighted by Gasteiger charge is -2.24. The standard InChI is InChI=1S/C14H16F4O2/c1-7(2)6-14(3,4)13(19)20-12-10(17)8(15)5-9(16)11(12)18/h5,7H,6H2,1-4H3. The molecule has 1 aromatic rings. The number of hydrogen-bond donors (Lipinski definition) is 0. The lowest BCUT2D eigenvalue weighted by atomic mass is 9.84. The van der Waals surface area contributed by atoms with E-state index in [4.69, 9.17) is 0 Å². The van der Waals surface area contributed by atoms with Gasteiger partial charge in [0.25, 0.3) is 0 Å². The monoisotopic (exact) mass is 292 g/mol. The molecule has 2 nitrogen and oxygen atoms in total. The van der Waals surface area contributed by atoms with Crippen LogP contribution in [0.2, 0.25) is 0 Å². The summed E-state index contributed by atoms with van der Waals surface area (Å²) >= 11 is 0. The Morgan fingerprint density at radius 3 is 2.00 bits per heavy atom. The highest BCUT2D eigenvalue weighted by atomic mass is 19.2. The quantitative estimate of drug-likeness (QED) is 0.359. The molecule has 0 aromatic heterocycles. The Morgan fingerprint density at radius 1 is 1.15 bits per heavy atom. The van der Waals surface area contributed by atoms with Crippen LogP contribution >= 0.6 is 0 Å². The Bertz CT molecular complexity index is 498. The molecule has 0 amide bonds. The van der Waals surface area contributed by atoms with Crippen LogP contribution in [0.3, 0.4) is 0 Å². The highest BCUT2D eigenvalue weighted by Crippen LogP contribution is 2.31. The van der Waals surface area contributed by atoms with E-state index in [0.29, 0.717) is 6.42 Å². The van der Waals surface area contributed by atoms with Crippen molar-refractivity contribution in [1.82, 2.24) is 0 Å². The Kier molecular flexibility index (Phi) is 4.78. The zero-order valence-electron chi connectivity index (χ0n) is 11.7. The van der Waals surface area contributed by atoms with Crippen LogP contribution in [-0.4, -0.2) is 5.97 Å². The molecule has 0 heterocycles. The first-order valence-electron chi connectivity index (χ1n) is 6.11. The average molecular weight is 292 g/mol. The second-order valence-corrected chi connectivity index (χ2v) is 5.67. The van der Waals surface area contributed by atoms with Crippen molar-refractivity contribution in [3.63, 3.8) is 0 Å². The predicted molar refractivity (Wildman–Crippen MR) is 65.1 cm³/mol. The molecule has 112 valence electrons. The van der Waals surface area contributed by atoms with E-state index in [1.807, 2.05) is 13.8 Å². The van der Waals surface area contributed by atoms with Crippen molar-refractivity contribution in [1.29, 1.82) is 0 Å². The number of carbonyl (C=O) groups excluding carboxylic acids is 1. The van der Waals surface area contributed by atoms with Gasteiger partial charge in [0.2, 0.25) is 17.4 Å². The van der Waals surface area contributed by atoms with E-state index >= 15 is 0 Å². The summed E-state index contributed by atoms with van der Waals surface area (Å²) in [5, 5.41) is 0. The highest BCUT2D eigenvalue weighted by Gasteiger charge is 2.33. The maximum atomic E-state index is 13.4. The number of ether oxygens (including phenoxy) is 1. The van der Waals surface area contributed by atoms with Gasteiger partial charge in [0.15, 0.2) is 11.6 Å². The molecule has 0 aliphatic carbocycles. The largest absolute Gasteiger partial charge is 0.420 e. The van der Waals surface area contributed by atoms with Crippen molar-refractivity contribution >= 4 is 5.97 Å². The van der Waals surface area contributed by atoms with Crippen LogP contribution in [0, 0.1) is 34.6 Å². The van der Waals surface area contributed by atoms with E-state index in [0.717, 1.165) is 0 Å². The second-order valence-electron chi connectivity index (χ2n) is 5.67. The number of hydrogen-bond acceptors (Lipinski definition) is 2. The third-order valence-corrected chi connectivity index (χ3v) is 2.74. The lowest BCUT2D eigenvalue weighted by molar-refractivity contribution is -0.145. The summed E-state index contributed by atoms with van der Waals surface area (Å²) in [4.78, 5) is 11.9. The van der Waals surface area contributed by atoms with Crippen molar-refractivity contribution < 1.29 is 27.1 Å². The Balaban J connectivity index is 3.08. The molecule has 0 unspecified atom stereocenters. The van der Waals surface area contributed by atoms with Gasteiger partial charge in [0.05, 0.1) is 5.41 Å². The first-order valence-corrected chi connectivity index (χ1v) is 6.11. The highest BCUT2D eigenvalue weighted by molar-refractivity contribution is 5.78. The average Bonchev–Trinajstić information content (AvgIpc) is 2.30. The zero-order valence-corrected chi connectivity index (χ0v) is 11.7. The Morgan fingerprint density at radius 2 is 1.60 bits per heavy atom. The summed E-state index contributed by atoms with van der Waals surface area (Å²) in [5.41, 5.74) is -1.03. The molecule has 0 radical (unpaired) electrons. The van der Waals surface area contributed by atoms with Crippen LogP contribution in [0.1, 0.15) is 34.1 Å². The summed E-state index contributed by atoms with van der Waals surface area (Å²) in [6.45, 7) is 6.78. The Hall–Kier alpha value is -1.59. The van der Waals surface area contributed by atoms with Crippen molar-refractivity contribution in [2.24, 2.45) is 11.3 Å². The number of benzene rings is 1. The van der Waals surface area contributed by atoms with Gasteiger partial charge in [-0.3, -0.25) is 4.79 Å².